The first-order valence-electron chi connectivity index (χ1n) is 6.47. The predicted octanol–water partition coefficient (Wildman–Crippen LogP) is 2.93. The van der Waals surface area contributed by atoms with Gasteiger partial charge in [0.2, 0.25) is 5.76 Å². The number of likely N-dealkylation sites (N-methyl/N-ethyl adjacent to an activating group) is 1. The molecule has 1 heterocycles. The minimum Gasteiger partial charge on any atom is -0.480 e. The van der Waals surface area contributed by atoms with Gasteiger partial charge in [-0.3, -0.25) is 4.79 Å². The Morgan fingerprint density at radius 2 is 2.00 bits per heavy atom. The number of carboxylic acid groups (broad SMARTS) is 1. The Morgan fingerprint density at radius 1 is 1.32 bits per heavy atom. The fourth-order valence-electron chi connectivity index (χ4n) is 1.72. The van der Waals surface area contributed by atoms with Crippen molar-refractivity contribution in [3.63, 3.8) is 0 Å². The van der Waals surface area contributed by atoms with E-state index >= 15 is 0 Å². The van der Waals surface area contributed by atoms with Crippen molar-refractivity contribution < 1.29 is 19.2 Å². The summed E-state index contributed by atoms with van der Waals surface area (Å²) in [7, 11) is 1.40. The van der Waals surface area contributed by atoms with Crippen LogP contribution in [0, 0.1) is 0 Å². The van der Waals surface area contributed by atoms with Crippen LogP contribution in [0.4, 0.5) is 0 Å². The summed E-state index contributed by atoms with van der Waals surface area (Å²) in [5.74, 6) is -1.71. The molecule has 0 spiro atoms. The number of halogens is 1. The highest BCUT2D eigenvalue weighted by molar-refractivity contribution is 6.30. The highest BCUT2D eigenvalue weighted by Gasteiger charge is 2.37. The Balaban J connectivity index is 2.28. The molecule has 1 aromatic carbocycles. The number of rotatable bonds is 4. The minimum atomic E-state index is -1.36. The van der Waals surface area contributed by atoms with E-state index in [0.717, 1.165) is 4.90 Å². The first-order valence-corrected chi connectivity index (χ1v) is 6.85. The number of carbonyl (C=O) groups is 2. The Morgan fingerprint density at radius 3 is 2.59 bits per heavy atom. The van der Waals surface area contributed by atoms with Crippen LogP contribution in [0.1, 0.15) is 24.4 Å². The van der Waals surface area contributed by atoms with Crippen LogP contribution >= 0.6 is 11.6 Å². The molecule has 1 amide bonds. The molecule has 7 heteroatoms. The summed E-state index contributed by atoms with van der Waals surface area (Å²) in [5.41, 5.74) is -0.206. The molecule has 2 aromatic rings. The Hall–Kier alpha value is -2.34. The highest BCUT2D eigenvalue weighted by atomic mass is 35.5. The van der Waals surface area contributed by atoms with E-state index in [1.165, 1.54) is 27.0 Å². The Kier molecular flexibility index (Phi) is 4.23. The van der Waals surface area contributed by atoms with Crippen molar-refractivity contribution in [1.82, 2.24) is 10.1 Å². The fourth-order valence-corrected chi connectivity index (χ4v) is 1.91. The maximum atomic E-state index is 12.3. The van der Waals surface area contributed by atoms with Gasteiger partial charge in [0.05, 0.1) is 0 Å². The topological polar surface area (TPSA) is 83.6 Å². The molecule has 6 nitrogen and oxygen atoms in total. The van der Waals surface area contributed by atoms with Gasteiger partial charge < -0.3 is 14.5 Å². The van der Waals surface area contributed by atoms with Crippen molar-refractivity contribution in [1.29, 1.82) is 0 Å². The second-order valence-electron chi connectivity index (χ2n) is 5.32. The molecule has 0 saturated carbocycles. The first kappa shape index (κ1) is 16.0. The molecule has 0 aliphatic rings. The van der Waals surface area contributed by atoms with Gasteiger partial charge in [-0.05, 0) is 26.0 Å². The molecule has 0 saturated heterocycles. The van der Waals surface area contributed by atoms with Crippen LogP contribution in [0.3, 0.4) is 0 Å². The maximum Gasteiger partial charge on any atom is 0.329 e. The molecule has 0 aliphatic carbocycles. The molecule has 1 aromatic heterocycles. The van der Waals surface area contributed by atoms with Crippen LogP contribution in [-0.2, 0) is 4.79 Å². The van der Waals surface area contributed by atoms with Crippen LogP contribution < -0.4 is 0 Å². The van der Waals surface area contributed by atoms with Gasteiger partial charge in [-0.1, -0.05) is 28.9 Å². The third kappa shape index (κ3) is 2.96. The third-order valence-corrected chi connectivity index (χ3v) is 3.74. The standard InChI is InChI=1S/C15H15ClN2O4/c1-15(2,14(20)21)18(3)13(19)12-8-11(17-22-12)9-5-4-6-10(16)7-9/h4-8H,1-3H3,(H,20,21). The average Bonchev–Trinajstić information content (AvgIpc) is 2.95. The predicted molar refractivity (Wildman–Crippen MR) is 80.8 cm³/mol. The number of nitrogens with zero attached hydrogens (tertiary/aromatic N) is 2. The first-order chi connectivity index (χ1) is 10.2. The Labute approximate surface area is 132 Å². The third-order valence-electron chi connectivity index (χ3n) is 3.51. The zero-order valence-corrected chi connectivity index (χ0v) is 13.1. The molecular weight excluding hydrogens is 308 g/mol. The SMILES string of the molecule is CN(C(=O)c1cc(-c2cccc(Cl)c2)no1)C(C)(C)C(=O)O. The molecule has 0 radical (unpaired) electrons. The molecule has 22 heavy (non-hydrogen) atoms. The summed E-state index contributed by atoms with van der Waals surface area (Å²) in [6.07, 6.45) is 0. The van der Waals surface area contributed by atoms with Gasteiger partial charge in [0.1, 0.15) is 11.2 Å². The minimum absolute atomic E-state index is 0.0354. The lowest BCUT2D eigenvalue weighted by Crippen LogP contribution is -2.50. The van der Waals surface area contributed by atoms with Gasteiger partial charge in [-0.25, -0.2) is 4.79 Å². The van der Waals surface area contributed by atoms with Crippen LogP contribution in [-0.4, -0.2) is 39.6 Å². The fraction of sp³-hybridized carbons (Fsp3) is 0.267. The second-order valence-corrected chi connectivity index (χ2v) is 5.75. The van der Waals surface area contributed by atoms with Gasteiger partial charge in [-0.2, -0.15) is 0 Å². The number of aromatic nitrogens is 1. The van der Waals surface area contributed by atoms with E-state index in [0.29, 0.717) is 16.3 Å². The number of carboxylic acids is 1. The van der Waals surface area contributed by atoms with Crippen molar-refractivity contribution >= 4 is 23.5 Å². The van der Waals surface area contributed by atoms with Gasteiger partial charge in [0.15, 0.2) is 0 Å². The summed E-state index contributed by atoms with van der Waals surface area (Å²) < 4.78 is 5.04. The van der Waals surface area contributed by atoms with Crippen molar-refractivity contribution in [3.8, 4) is 11.3 Å². The van der Waals surface area contributed by atoms with E-state index in [9.17, 15) is 9.59 Å². The van der Waals surface area contributed by atoms with Gasteiger partial charge >= 0.3 is 5.97 Å². The molecule has 0 fully saturated rings. The zero-order valence-electron chi connectivity index (χ0n) is 12.3. The molecule has 116 valence electrons. The monoisotopic (exact) mass is 322 g/mol. The summed E-state index contributed by atoms with van der Waals surface area (Å²) >= 11 is 5.91. The number of carbonyl (C=O) groups excluding carboxylic acids is 1. The lowest BCUT2D eigenvalue weighted by Gasteiger charge is -2.30. The van der Waals surface area contributed by atoms with Gasteiger partial charge in [-0.15, -0.1) is 0 Å². The number of benzene rings is 1. The van der Waals surface area contributed by atoms with E-state index in [1.807, 2.05) is 0 Å². The molecule has 0 atom stereocenters. The van der Waals surface area contributed by atoms with Crippen LogP contribution in [0.5, 0.6) is 0 Å². The maximum absolute atomic E-state index is 12.3. The summed E-state index contributed by atoms with van der Waals surface area (Å²) in [6, 6.07) is 8.41. The summed E-state index contributed by atoms with van der Waals surface area (Å²) in [5, 5.41) is 13.5. The van der Waals surface area contributed by atoms with E-state index in [-0.39, 0.29) is 5.76 Å². The number of hydrogen-bond acceptors (Lipinski definition) is 4. The number of hydrogen-bond donors (Lipinski definition) is 1. The number of amides is 1. The van der Waals surface area contributed by atoms with E-state index in [4.69, 9.17) is 21.2 Å². The van der Waals surface area contributed by atoms with E-state index in [2.05, 4.69) is 5.16 Å². The smallest absolute Gasteiger partial charge is 0.329 e. The second kappa shape index (κ2) is 5.81. The molecular formula is C15H15ClN2O4. The molecule has 0 bridgehead atoms. The van der Waals surface area contributed by atoms with Gasteiger partial charge in [0, 0.05) is 23.7 Å². The number of aliphatic carboxylic acids is 1. The molecule has 0 aliphatic heterocycles. The molecule has 0 unspecified atom stereocenters. The largest absolute Gasteiger partial charge is 0.480 e. The van der Waals surface area contributed by atoms with Crippen LogP contribution in [0.25, 0.3) is 11.3 Å². The van der Waals surface area contributed by atoms with Crippen LogP contribution in [0.15, 0.2) is 34.9 Å². The highest BCUT2D eigenvalue weighted by Crippen LogP contribution is 2.24. The van der Waals surface area contributed by atoms with Crippen molar-refractivity contribution in [2.24, 2.45) is 0 Å². The summed E-state index contributed by atoms with van der Waals surface area (Å²) in [6.45, 7) is 2.86. The normalized spacial score (nSPS) is 11.3. The van der Waals surface area contributed by atoms with E-state index < -0.39 is 17.4 Å². The molecule has 1 N–H and O–H groups in total. The lowest BCUT2D eigenvalue weighted by molar-refractivity contribution is -0.147. The average molecular weight is 323 g/mol. The Bertz CT molecular complexity index is 724. The summed E-state index contributed by atoms with van der Waals surface area (Å²) in [4.78, 5) is 24.6. The van der Waals surface area contributed by atoms with Crippen molar-refractivity contribution in [2.45, 2.75) is 19.4 Å². The van der Waals surface area contributed by atoms with Crippen molar-refractivity contribution in [3.05, 3.63) is 41.1 Å². The van der Waals surface area contributed by atoms with Crippen LogP contribution in [0.2, 0.25) is 5.02 Å². The molecule has 2 rings (SSSR count). The quantitative estimate of drug-likeness (QED) is 0.935. The van der Waals surface area contributed by atoms with Gasteiger partial charge in [0.25, 0.3) is 5.91 Å². The van der Waals surface area contributed by atoms with Crippen molar-refractivity contribution in [2.75, 3.05) is 7.05 Å². The van der Waals surface area contributed by atoms with E-state index in [1.54, 1.807) is 24.3 Å². The lowest BCUT2D eigenvalue weighted by atomic mass is 10.0. The zero-order chi connectivity index (χ0) is 16.5.